The van der Waals surface area contributed by atoms with Crippen molar-refractivity contribution in [3.63, 3.8) is 0 Å². The van der Waals surface area contributed by atoms with Gasteiger partial charge >= 0.3 is 0 Å². The number of carbonyl (C=O) groups excluding carboxylic acids is 1. The zero-order valence-corrected chi connectivity index (χ0v) is 17.6. The highest BCUT2D eigenvalue weighted by Crippen LogP contribution is 2.17. The fourth-order valence-electron chi connectivity index (χ4n) is 3.80. The number of carbonyl (C=O) groups is 1. The highest BCUT2D eigenvalue weighted by Gasteiger charge is 2.24. The number of nitrogens with zero attached hydrogens (tertiary/aromatic N) is 4. The van der Waals surface area contributed by atoms with Crippen molar-refractivity contribution >= 4 is 5.91 Å². The number of aromatic nitrogens is 2. The van der Waals surface area contributed by atoms with E-state index >= 15 is 0 Å². The maximum Gasteiger partial charge on any atom is 0.274 e. The lowest BCUT2D eigenvalue weighted by Crippen LogP contribution is -2.48. The Morgan fingerprint density at radius 2 is 1.70 bits per heavy atom. The predicted molar refractivity (Wildman–Crippen MR) is 117 cm³/mol. The lowest BCUT2D eigenvalue weighted by molar-refractivity contribution is 0.0622. The van der Waals surface area contributed by atoms with Crippen LogP contribution in [0.25, 0.3) is 5.69 Å². The number of amides is 1. The van der Waals surface area contributed by atoms with Gasteiger partial charge in [-0.2, -0.15) is 5.10 Å². The molecule has 6 nitrogen and oxygen atoms in total. The van der Waals surface area contributed by atoms with Crippen LogP contribution in [0.15, 0.2) is 60.7 Å². The van der Waals surface area contributed by atoms with Crippen LogP contribution in [-0.2, 0) is 6.54 Å². The molecule has 0 aliphatic carbocycles. The van der Waals surface area contributed by atoms with E-state index in [0.29, 0.717) is 25.4 Å². The molecule has 0 unspecified atom stereocenters. The summed E-state index contributed by atoms with van der Waals surface area (Å²) in [6.07, 6.45) is 0. The van der Waals surface area contributed by atoms with E-state index in [4.69, 9.17) is 4.74 Å². The summed E-state index contributed by atoms with van der Waals surface area (Å²) < 4.78 is 7.33. The molecule has 2 aromatic carbocycles. The Kier molecular flexibility index (Phi) is 6.14. The maximum absolute atomic E-state index is 13.0. The molecule has 3 aromatic rings. The van der Waals surface area contributed by atoms with Crippen LogP contribution in [0.2, 0.25) is 0 Å². The summed E-state index contributed by atoms with van der Waals surface area (Å²) >= 11 is 0. The number of rotatable bonds is 6. The molecular weight excluding hydrogens is 376 g/mol. The molecule has 6 heteroatoms. The Hall–Kier alpha value is -3.12. The van der Waals surface area contributed by atoms with Crippen molar-refractivity contribution in [2.75, 3.05) is 32.8 Å². The van der Waals surface area contributed by atoms with Gasteiger partial charge in [-0.15, -0.1) is 0 Å². The molecule has 0 atom stereocenters. The van der Waals surface area contributed by atoms with E-state index in [1.165, 1.54) is 5.56 Å². The first-order valence-electron chi connectivity index (χ1n) is 10.5. The number of piperazine rings is 1. The van der Waals surface area contributed by atoms with Crippen molar-refractivity contribution in [1.82, 2.24) is 19.6 Å². The molecular formula is C24H28N4O2. The van der Waals surface area contributed by atoms with Gasteiger partial charge in [-0.25, -0.2) is 4.68 Å². The second-order valence-corrected chi connectivity index (χ2v) is 7.56. The number of benzene rings is 2. The number of hydrogen-bond donors (Lipinski definition) is 0. The van der Waals surface area contributed by atoms with Gasteiger partial charge in [0.1, 0.15) is 5.75 Å². The Labute approximate surface area is 177 Å². The summed E-state index contributed by atoms with van der Waals surface area (Å²) in [5.74, 6) is 0.912. The van der Waals surface area contributed by atoms with Crippen molar-refractivity contribution in [1.29, 1.82) is 0 Å². The minimum atomic E-state index is 0.00787. The van der Waals surface area contributed by atoms with Crippen LogP contribution < -0.4 is 4.74 Å². The van der Waals surface area contributed by atoms with Crippen LogP contribution in [0.3, 0.4) is 0 Å². The summed E-state index contributed by atoms with van der Waals surface area (Å²) in [4.78, 5) is 17.3. The summed E-state index contributed by atoms with van der Waals surface area (Å²) in [6, 6.07) is 20.0. The molecule has 1 aliphatic heterocycles. The number of ether oxygens (including phenoxy) is 1. The topological polar surface area (TPSA) is 50.6 Å². The normalized spacial score (nSPS) is 14.7. The van der Waals surface area contributed by atoms with Gasteiger partial charge in [0.05, 0.1) is 12.3 Å². The van der Waals surface area contributed by atoms with E-state index < -0.39 is 0 Å². The van der Waals surface area contributed by atoms with Gasteiger partial charge in [0.2, 0.25) is 0 Å². The third-order valence-electron chi connectivity index (χ3n) is 5.41. The number of aryl methyl sites for hydroxylation is 1. The van der Waals surface area contributed by atoms with Gasteiger partial charge in [0.25, 0.3) is 5.91 Å². The molecule has 4 rings (SSSR count). The summed E-state index contributed by atoms with van der Waals surface area (Å²) in [5, 5.41) is 4.57. The van der Waals surface area contributed by atoms with Crippen molar-refractivity contribution in [2.24, 2.45) is 0 Å². The largest absolute Gasteiger partial charge is 0.494 e. The van der Waals surface area contributed by atoms with E-state index in [1.54, 1.807) is 0 Å². The summed E-state index contributed by atoms with van der Waals surface area (Å²) in [5.41, 5.74) is 3.69. The van der Waals surface area contributed by atoms with Crippen molar-refractivity contribution < 1.29 is 9.53 Å². The highest BCUT2D eigenvalue weighted by molar-refractivity contribution is 5.92. The van der Waals surface area contributed by atoms with Crippen molar-refractivity contribution in [2.45, 2.75) is 20.4 Å². The molecule has 0 saturated carbocycles. The average molecular weight is 405 g/mol. The molecule has 1 amide bonds. The van der Waals surface area contributed by atoms with Crippen LogP contribution in [0, 0.1) is 6.92 Å². The number of para-hydroxylation sites is 1. The standard InChI is InChI=1S/C24H28N4O2/c1-3-30-22-11-9-20(10-12-22)18-26-13-15-27(16-14-26)24(29)23-17-19(2)28(25-23)21-7-5-4-6-8-21/h4-12,17H,3,13-16,18H2,1-2H3. The van der Waals surface area contributed by atoms with Crippen LogP contribution in [0.5, 0.6) is 5.75 Å². The Bertz CT molecular complexity index is 974. The van der Waals surface area contributed by atoms with Gasteiger partial charge in [-0.1, -0.05) is 30.3 Å². The first kappa shape index (κ1) is 20.2. The zero-order chi connectivity index (χ0) is 20.9. The monoisotopic (exact) mass is 404 g/mol. The fourth-order valence-corrected chi connectivity index (χ4v) is 3.80. The Morgan fingerprint density at radius 3 is 2.37 bits per heavy atom. The summed E-state index contributed by atoms with van der Waals surface area (Å²) in [7, 11) is 0. The van der Waals surface area contributed by atoms with E-state index in [1.807, 2.05) is 72.0 Å². The lowest BCUT2D eigenvalue weighted by Gasteiger charge is -2.34. The summed E-state index contributed by atoms with van der Waals surface area (Å²) in [6.45, 7) is 8.68. The molecule has 0 bridgehead atoms. The second kappa shape index (κ2) is 9.13. The Morgan fingerprint density at radius 1 is 1.00 bits per heavy atom. The van der Waals surface area contributed by atoms with Crippen molar-refractivity contribution in [3.8, 4) is 11.4 Å². The van der Waals surface area contributed by atoms with Crippen molar-refractivity contribution in [3.05, 3.63) is 77.6 Å². The first-order valence-corrected chi connectivity index (χ1v) is 10.5. The molecule has 0 spiro atoms. The van der Waals surface area contributed by atoms with Crippen LogP contribution in [0.4, 0.5) is 0 Å². The van der Waals surface area contributed by atoms with Gasteiger partial charge in [-0.3, -0.25) is 9.69 Å². The molecule has 0 N–H and O–H groups in total. The minimum absolute atomic E-state index is 0.00787. The third kappa shape index (κ3) is 4.54. The zero-order valence-electron chi connectivity index (χ0n) is 17.6. The molecule has 1 aliphatic rings. The van der Waals surface area contributed by atoms with E-state index in [9.17, 15) is 4.79 Å². The van der Waals surface area contributed by atoms with Gasteiger partial charge < -0.3 is 9.64 Å². The quantitative estimate of drug-likeness (QED) is 0.631. The van der Waals surface area contributed by atoms with Crippen LogP contribution in [-0.4, -0.2) is 58.3 Å². The third-order valence-corrected chi connectivity index (χ3v) is 5.41. The molecule has 1 aromatic heterocycles. The van der Waals surface area contributed by atoms with Gasteiger partial charge in [0.15, 0.2) is 5.69 Å². The first-order chi connectivity index (χ1) is 14.6. The predicted octanol–water partition coefficient (Wildman–Crippen LogP) is 3.54. The highest BCUT2D eigenvalue weighted by atomic mass is 16.5. The van der Waals surface area contributed by atoms with Gasteiger partial charge in [0, 0.05) is 38.4 Å². The van der Waals surface area contributed by atoms with E-state index in [-0.39, 0.29) is 5.91 Å². The maximum atomic E-state index is 13.0. The van der Waals surface area contributed by atoms with Gasteiger partial charge in [-0.05, 0) is 49.7 Å². The molecule has 2 heterocycles. The average Bonchev–Trinajstić information content (AvgIpc) is 3.17. The smallest absolute Gasteiger partial charge is 0.274 e. The SMILES string of the molecule is CCOc1ccc(CN2CCN(C(=O)c3cc(C)n(-c4ccccc4)n3)CC2)cc1. The molecule has 1 saturated heterocycles. The van der Waals surface area contributed by atoms with Crippen LogP contribution >= 0.6 is 0 Å². The minimum Gasteiger partial charge on any atom is -0.494 e. The lowest BCUT2D eigenvalue weighted by atomic mass is 10.2. The Balaban J connectivity index is 1.34. The number of hydrogen-bond acceptors (Lipinski definition) is 4. The van der Waals surface area contributed by atoms with Crippen LogP contribution in [0.1, 0.15) is 28.7 Å². The fraction of sp³-hybridized carbons (Fsp3) is 0.333. The van der Waals surface area contributed by atoms with E-state index in [2.05, 4.69) is 22.1 Å². The molecule has 156 valence electrons. The molecule has 30 heavy (non-hydrogen) atoms. The molecule has 0 radical (unpaired) electrons. The second-order valence-electron chi connectivity index (χ2n) is 7.56. The van der Waals surface area contributed by atoms with E-state index in [0.717, 1.165) is 36.8 Å². The molecule has 1 fully saturated rings.